The van der Waals surface area contributed by atoms with E-state index in [1.807, 2.05) is 49.5 Å². The summed E-state index contributed by atoms with van der Waals surface area (Å²) in [6.45, 7) is 5.02. The summed E-state index contributed by atoms with van der Waals surface area (Å²) in [4.78, 5) is 11.3. The van der Waals surface area contributed by atoms with Gasteiger partial charge in [0.15, 0.2) is 0 Å². The van der Waals surface area contributed by atoms with E-state index in [0.29, 0.717) is 0 Å². The molecule has 0 saturated carbocycles. The monoisotopic (exact) mass is 275 g/mol. The zero-order valence-electron chi connectivity index (χ0n) is 12.5. The van der Waals surface area contributed by atoms with Crippen LogP contribution in [0, 0.1) is 0 Å². The van der Waals surface area contributed by atoms with Crippen LogP contribution < -0.4 is 5.32 Å². The normalized spacial score (nSPS) is 13.6. The molecule has 0 bridgehead atoms. The highest BCUT2D eigenvalue weighted by Gasteiger charge is 2.12. The van der Waals surface area contributed by atoms with Gasteiger partial charge < -0.3 is 10.4 Å². The van der Waals surface area contributed by atoms with Gasteiger partial charge in [-0.05, 0) is 33.6 Å². The van der Waals surface area contributed by atoms with Gasteiger partial charge in [0.1, 0.15) is 5.72 Å². The van der Waals surface area contributed by atoms with Crippen LogP contribution in [0.4, 0.5) is 0 Å². The second-order valence-corrected chi connectivity index (χ2v) is 4.75. The molecule has 1 amide bonds. The maximum atomic E-state index is 11.3. The second-order valence-electron chi connectivity index (χ2n) is 4.75. The van der Waals surface area contributed by atoms with Crippen LogP contribution in [0.25, 0.3) is 0 Å². The Morgan fingerprint density at radius 3 is 2.10 bits per heavy atom. The van der Waals surface area contributed by atoms with Crippen LogP contribution in [0.1, 0.15) is 33.6 Å². The van der Waals surface area contributed by atoms with Crippen molar-refractivity contribution >= 4 is 5.91 Å². The van der Waals surface area contributed by atoms with Gasteiger partial charge in [0.2, 0.25) is 5.91 Å². The van der Waals surface area contributed by atoms with Crippen molar-refractivity contribution in [2.75, 3.05) is 0 Å². The molecule has 0 spiro atoms. The van der Waals surface area contributed by atoms with Crippen molar-refractivity contribution < 1.29 is 9.90 Å². The molecule has 110 valence electrons. The highest BCUT2D eigenvalue weighted by atomic mass is 16.3. The molecule has 0 radical (unpaired) electrons. The molecule has 0 aliphatic heterocycles. The standard InChI is InChI=1S/C17H25NO2/c1-4-5-6-7-8-9-10-11-12-13-14-15-16(19)18-17(2,3)20/h4-9,12-15,20H,10-11H2,1-3H3,(H,18,19)/b5-4+,7-6+,9-8-,13-12+,15-14+. The molecule has 0 aromatic carbocycles. The van der Waals surface area contributed by atoms with E-state index in [-0.39, 0.29) is 5.91 Å². The summed E-state index contributed by atoms with van der Waals surface area (Å²) < 4.78 is 0. The van der Waals surface area contributed by atoms with Crippen LogP contribution in [0.2, 0.25) is 0 Å². The minimum Gasteiger partial charge on any atom is -0.372 e. The highest BCUT2D eigenvalue weighted by molar-refractivity contribution is 5.88. The van der Waals surface area contributed by atoms with Crippen molar-refractivity contribution in [3.63, 3.8) is 0 Å². The number of aliphatic hydroxyl groups is 1. The first-order valence-electron chi connectivity index (χ1n) is 6.78. The summed E-state index contributed by atoms with van der Waals surface area (Å²) >= 11 is 0. The summed E-state index contributed by atoms with van der Waals surface area (Å²) in [7, 11) is 0. The van der Waals surface area contributed by atoms with E-state index in [9.17, 15) is 9.90 Å². The number of nitrogens with one attached hydrogen (secondary N) is 1. The molecule has 0 atom stereocenters. The minimum atomic E-state index is -1.18. The molecule has 0 aliphatic rings. The number of allylic oxidation sites excluding steroid dienone is 9. The first-order chi connectivity index (χ1) is 9.45. The third-order valence-corrected chi connectivity index (χ3v) is 2.09. The average molecular weight is 275 g/mol. The van der Waals surface area contributed by atoms with Gasteiger partial charge in [-0.3, -0.25) is 4.79 Å². The Hall–Kier alpha value is -1.87. The number of rotatable bonds is 8. The zero-order chi connectivity index (χ0) is 15.3. The van der Waals surface area contributed by atoms with Crippen LogP contribution in [0.3, 0.4) is 0 Å². The SMILES string of the molecule is C/C=C/C=C/C=C\CC/C=C/C=C/C(=O)NC(C)(C)O. The molecule has 0 heterocycles. The van der Waals surface area contributed by atoms with Crippen molar-refractivity contribution in [1.29, 1.82) is 0 Å². The molecule has 20 heavy (non-hydrogen) atoms. The molecule has 0 aromatic rings. The van der Waals surface area contributed by atoms with Crippen LogP contribution >= 0.6 is 0 Å². The van der Waals surface area contributed by atoms with Crippen molar-refractivity contribution in [3.8, 4) is 0 Å². The predicted molar refractivity (Wildman–Crippen MR) is 85.0 cm³/mol. The zero-order valence-corrected chi connectivity index (χ0v) is 12.5. The summed E-state index contributed by atoms with van der Waals surface area (Å²) in [6, 6.07) is 0. The van der Waals surface area contributed by atoms with E-state index in [1.165, 1.54) is 19.9 Å². The Balaban J connectivity index is 3.79. The number of hydrogen-bond donors (Lipinski definition) is 2. The lowest BCUT2D eigenvalue weighted by molar-refractivity contribution is -0.122. The van der Waals surface area contributed by atoms with E-state index < -0.39 is 5.72 Å². The van der Waals surface area contributed by atoms with Crippen molar-refractivity contribution in [1.82, 2.24) is 5.32 Å². The molecule has 3 nitrogen and oxygen atoms in total. The lowest BCUT2D eigenvalue weighted by Gasteiger charge is -2.17. The fourth-order valence-electron chi connectivity index (χ4n) is 1.27. The van der Waals surface area contributed by atoms with Crippen molar-refractivity contribution in [2.45, 2.75) is 39.3 Å². The molecule has 0 aliphatic carbocycles. The molecule has 0 rings (SSSR count). The Bertz CT molecular complexity index is 407. The predicted octanol–water partition coefficient (Wildman–Crippen LogP) is 3.41. The van der Waals surface area contributed by atoms with Gasteiger partial charge in [0, 0.05) is 6.08 Å². The Labute approximate surface area is 122 Å². The molecule has 0 saturated heterocycles. The van der Waals surface area contributed by atoms with Gasteiger partial charge in [0.05, 0.1) is 0 Å². The molecular formula is C17H25NO2. The lowest BCUT2D eigenvalue weighted by atomic mass is 10.2. The summed E-state index contributed by atoms with van der Waals surface area (Å²) in [5.74, 6) is -0.309. The van der Waals surface area contributed by atoms with Crippen LogP contribution in [0.5, 0.6) is 0 Å². The van der Waals surface area contributed by atoms with Crippen LogP contribution in [-0.2, 0) is 4.79 Å². The number of hydrogen-bond acceptors (Lipinski definition) is 2. The van der Waals surface area contributed by atoms with Gasteiger partial charge in [-0.15, -0.1) is 0 Å². The smallest absolute Gasteiger partial charge is 0.246 e. The molecule has 0 aromatic heterocycles. The van der Waals surface area contributed by atoms with E-state index in [2.05, 4.69) is 11.4 Å². The first kappa shape index (κ1) is 18.1. The topological polar surface area (TPSA) is 49.3 Å². The number of carbonyl (C=O) groups excluding carboxylic acids is 1. The van der Waals surface area contributed by atoms with Gasteiger partial charge in [-0.2, -0.15) is 0 Å². The van der Waals surface area contributed by atoms with Gasteiger partial charge in [0.25, 0.3) is 0 Å². The second kappa shape index (κ2) is 11.0. The molecule has 2 N–H and O–H groups in total. The molecule has 0 unspecified atom stereocenters. The summed E-state index contributed by atoms with van der Waals surface area (Å²) in [6.07, 6.45) is 20.8. The first-order valence-corrected chi connectivity index (χ1v) is 6.78. The van der Waals surface area contributed by atoms with Crippen molar-refractivity contribution in [2.24, 2.45) is 0 Å². The highest BCUT2D eigenvalue weighted by Crippen LogP contribution is 1.96. The number of carbonyl (C=O) groups is 1. The average Bonchev–Trinajstić information content (AvgIpc) is 2.34. The maximum Gasteiger partial charge on any atom is 0.246 e. The van der Waals surface area contributed by atoms with Crippen LogP contribution in [-0.4, -0.2) is 16.7 Å². The largest absolute Gasteiger partial charge is 0.372 e. The Morgan fingerprint density at radius 1 is 1.00 bits per heavy atom. The third-order valence-electron chi connectivity index (χ3n) is 2.09. The van der Waals surface area contributed by atoms with Gasteiger partial charge >= 0.3 is 0 Å². The van der Waals surface area contributed by atoms with Crippen LogP contribution in [0.15, 0.2) is 60.8 Å². The van der Waals surface area contributed by atoms with Crippen molar-refractivity contribution in [3.05, 3.63) is 60.8 Å². The molecule has 3 heteroatoms. The van der Waals surface area contributed by atoms with Gasteiger partial charge in [-0.1, -0.05) is 54.7 Å². The number of unbranched alkanes of at least 4 members (excludes halogenated alkanes) is 1. The fourth-order valence-corrected chi connectivity index (χ4v) is 1.27. The Morgan fingerprint density at radius 2 is 1.55 bits per heavy atom. The van der Waals surface area contributed by atoms with Gasteiger partial charge in [-0.25, -0.2) is 0 Å². The fraction of sp³-hybridized carbons (Fsp3) is 0.353. The molecule has 0 fully saturated rings. The maximum absolute atomic E-state index is 11.3. The van der Waals surface area contributed by atoms with E-state index >= 15 is 0 Å². The summed E-state index contributed by atoms with van der Waals surface area (Å²) in [5.41, 5.74) is -1.18. The number of amides is 1. The van der Waals surface area contributed by atoms with E-state index in [4.69, 9.17) is 0 Å². The Kier molecular flexibility index (Phi) is 9.97. The lowest BCUT2D eigenvalue weighted by Crippen LogP contribution is -2.42. The quantitative estimate of drug-likeness (QED) is 0.309. The van der Waals surface area contributed by atoms with E-state index in [0.717, 1.165) is 12.8 Å². The van der Waals surface area contributed by atoms with E-state index in [1.54, 1.807) is 6.08 Å². The minimum absolute atomic E-state index is 0.309. The third kappa shape index (κ3) is 14.2. The summed E-state index contributed by atoms with van der Waals surface area (Å²) in [5, 5.41) is 11.8. The molecular weight excluding hydrogens is 250 g/mol.